The fourth-order valence-electron chi connectivity index (χ4n) is 7.31. The molecule has 9 heteroatoms. The van der Waals surface area contributed by atoms with Gasteiger partial charge in [-0.1, -0.05) is 26.0 Å². The van der Waals surface area contributed by atoms with Crippen LogP contribution in [0.25, 0.3) is 0 Å². The number of hydrogen-bond acceptors (Lipinski definition) is 5. The Morgan fingerprint density at radius 1 is 1.11 bits per heavy atom. The van der Waals surface area contributed by atoms with Crippen LogP contribution in [0.15, 0.2) is 24.3 Å². The van der Waals surface area contributed by atoms with Crippen LogP contribution >= 0.6 is 0 Å². The zero-order valence-electron chi connectivity index (χ0n) is 20.9. The van der Waals surface area contributed by atoms with Gasteiger partial charge >= 0.3 is 18.0 Å². The summed E-state index contributed by atoms with van der Waals surface area (Å²) < 4.78 is 0. The van der Waals surface area contributed by atoms with Crippen LogP contribution in [0.4, 0.5) is 4.79 Å². The van der Waals surface area contributed by atoms with E-state index in [1.54, 1.807) is 12.1 Å². The molecule has 3 fully saturated rings. The monoisotopic (exact) mass is 500 g/mol. The van der Waals surface area contributed by atoms with E-state index in [0.717, 1.165) is 25.2 Å². The summed E-state index contributed by atoms with van der Waals surface area (Å²) in [5.41, 5.74) is 2.88. The molecule has 0 aromatic heterocycles. The van der Waals surface area contributed by atoms with Gasteiger partial charge < -0.3 is 20.4 Å². The number of carbonyl (C=O) groups excluding carboxylic acids is 2. The molecule has 196 valence electrons. The van der Waals surface area contributed by atoms with E-state index in [0.29, 0.717) is 17.4 Å². The molecule has 0 heterocycles. The maximum Gasteiger partial charge on any atom is 0.431 e. The Balaban J connectivity index is 1.25. The van der Waals surface area contributed by atoms with E-state index >= 15 is 0 Å². The first-order valence-corrected chi connectivity index (χ1v) is 12.8. The summed E-state index contributed by atoms with van der Waals surface area (Å²) in [4.78, 5) is 52.6. The van der Waals surface area contributed by atoms with Crippen LogP contribution < -0.4 is 10.8 Å². The maximum absolute atomic E-state index is 12.6. The highest BCUT2D eigenvalue weighted by Gasteiger charge is 2.56. The van der Waals surface area contributed by atoms with Gasteiger partial charge in [0.05, 0.1) is 11.5 Å². The van der Waals surface area contributed by atoms with Crippen LogP contribution in [-0.4, -0.2) is 39.7 Å². The molecular formula is C27H36N2O7. The smallest absolute Gasteiger partial charge is 0.431 e. The molecule has 3 bridgehead atoms. The number of fused-ring (bicyclic) bond motifs is 2. The SMILES string of the molecule is CC1CC2(NC(=O)ONC(=O)CCC(Cc3ccc(C(=O)O)cc3)C(=O)O)CC3CC(C)(CCC13)C2. The van der Waals surface area contributed by atoms with E-state index in [-0.39, 0.29) is 35.8 Å². The second-order valence-electron chi connectivity index (χ2n) is 11.6. The fraction of sp³-hybridized carbons (Fsp3) is 0.630. The molecule has 6 atom stereocenters. The Hall–Kier alpha value is -3.10. The van der Waals surface area contributed by atoms with Gasteiger partial charge in [-0.05, 0) is 92.2 Å². The molecule has 4 N–H and O–H groups in total. The minimum Gasteiger partial charge on any atom is -0.481 e. The molecule has 9 nitrogen and oxygen atoms in total. The van der Waals surface area contributed by atoms with Crippen LogP contribution in [-0.2, 0) is 20.8 Å². The average molecular weight is 501 g/mol. The average Bonchev–Trinajstić information content (AvgIpc) is 2.79. The Morgan fingerprint density at radius 2 is 1.83 bits per heavy atom. The van der Waals surface area contributed by atoms with Crippen LogP contribution in [0.3, 0.4) is 0 Å². The zero-order valence-corrected chi connectivity index (χ0v) is 20.9. The second kappa shape index (κ2) is 10.1. The lowest BCUT2D eigenvalue weighted by Gasteiger charge is -2.61. The van der Waals surface area contributed by atoms with Crippen LogP contribution in [0, 0.1) is 29.1 Å². The first-order chi connectivity index (χ1) is 17.0. The summed E-state index contributed by atoms with van der Waals surface area (Å²) in [5.74, 6) is -1.64. The number of carboxylic acids is 2. The number of aromatic carboxylic acids is 1. The number of carboxylic acid groups (broad SMARTS) is 2. The lowest BCUT2D eigenvalue weighted by molar-refractivity contribution is -0.142. The first kappa shape index (κ1) is 26.0. The van der Waals surface area contributed by atoms with Gasteiger partial charge in [0.15, 0.2) is 0 Å². The van der Waals surface area contributed by atoms with E-state index in [2.05, 4.69) is 24.6 Å². The van der Waals surface area contributed by atoms with Crippen molar-refractivity contribution in [1.29, 1.82) is 0 Å². The topological polar surface area (TPSA) is 142 Å². The van der Waals surface area contributed by atoms with Crippen molar-refractivity contribution in [2.75, 3.05) is 0 Å². The highest BCUT2D eigenvalue weighted by Crippen LogP contribution is 2.61. The van der Waals surface area contributed by atoms with Crippen molar-refractivity contribution >= 4 is 23.9 Å². The summed E-state index contributed by atoms with van der Waals surface area (Å²) in [6, 6.07) is 5.98. The van der Waals surface area contributed by atoms with Gasteiger partial charge in [0.1, 0.15) is 0 Å². The number of rotatable bonds is 8. The van der Waals surface area contributed by atoms with Crippen molar-refractivity contribution in [3.8, 4) is 0 Å². The predicted molar refractivity (Wildman–Crippen MR) is 130 cm³/mol. The molecule has 0 spiro atoms. The minimum atomic E-state index is -1.06. The van der Waals surface area contributed by atoms with Crippen molar-refractivity contribution in [3.05, 3.63) is 35.4 Å². The number of hydroxylamine groups is 1. The molecule has 4 rings (SSSR count). The molecule has 3 saturated carbocycles. The first-order valence-electron chi connectivity index (χ1n) is 12.8. The second-order valence-corrected chi connectivity index (χ2v) is 11.6. The predicted octanol–water partition coefficient (Wildman–Crippen LogP) is 4.16. The summed E-state index contributed by atoms with van der Waals surface area (Å²) in [7, 11) is 0. The van der Waals surface area contributed by atoms with Gasteiger partial charge in [0.25, 0.3) is 5.91 Å². The third-order valence-electron chi connectivity index (χ3n) is 8.68. The minimum absolute atomic E-state index is 0.0513. The number of benzene rings is 1. The lowest BCUT2D eigenvalue weighted by atomic mass is 9.47. The van der Waals surface area contributed by atoms with E-state index in [1.165, 1.54) is 31.4 Å². The Kier molecular flexibility index (Phi) is 7.29. The maximum atomic E-state index is 12.6. The van der Waals surface area contributed by atoms with E-state index in [1.807, 2.05) is 0 Å². The van der Waals surface area contributed by atoms with E-state index in [9.17, 15) is 24.3 Å². The van der Waals surface area contributed by atoms with Gasteiger partial charge in [0, 0.05) is 12.0 Å². The Morgan fingerprint density at radius 3 is 2.50 bits per heavy atom. The van der Waals surface area contributed by atoms with Gasteiger partial charge in [-0.3, -0.25) is 9.59 Å². The number of aliphatic carboxylic acids is 1. The normalized spacial score (nSPS) is 31.2. The van der Waals surface area contributed by atoms with Crippen molar-refractivity contribution in [1.82, 2.24) is 10.8 Å². The molecule has 6 unspecified atom stereocenters. The van der Waals surface area contributed by atoms with Crippen molar-refractivity contribution in [2.24, 2.45) is 29.1 Å². The van der Waals surface area contributed by atoms with Crippen LogP contribution in [0.1, 0.15) is 81.1 Å². The van der Waals surface area contributed by atoms with Gasteiger partial charge in [-0.25, -0.2) is 9.59 Å². The molecule has 0 saturated heterocycles. The summed E-state index contributed by atoms with van der Waals surface area (Å²) in [5, 5.41) is 21.6. The van der Waals surface area contributed by atoms with E-state index < -0.39 is 29.9 Å². The number of nitrogens with one attached hydrogen (secondary N) is 2. The molecule has 1 aromatic rings. The summed E-state index contributed by atoms with van der Waals surface area (Å²) in [6.07, 6.45) is 5.87. The molecule has 36 heavy (non-hydrogen) atoms. The Bertz CT molecular complexity index is 1020. The van der Waals surface area contributed by atoms with E-state index in [4.69, 9.17) is 9.94 Å². The lowest BCUT2D eigenvalue weighted by Crippen LogP contribution is -2.62. The largest absolute Gasteiger partial charge is 0.481 e. The molecule has 0 radical (unpaired) electrons. The number of amides is 2. The molecule has 1 aromatic carbocycles. The fourth-order valence-corrected chi connectivity index (χ4v) is 7.31. The molecule has 0 aliphatic heterocycles. The Labute approximate surface area is 210 Å². The molecule has 3 aliphatic rings. The standard InChI is InChI=1S/C27H36N2O7/c1-16-12-27(14-20-13-26(2,15-27)10-9-21(16)20)28-25(35)36-29-22(30)8-7-19(24(33)34)11-17-3-5-18(6-4-17)23(31)32/h3-6,16,19-21H,7-15H2,1-2H3,(H,28,35)(H,29,30)(H,31,32)(H,33,34). The molecule has 2 amide bonds. The van der Waals surface area contributed by atoms with Crippen LogP contribution in [0.5, 0.6) is 0 Å². The molecular weight excluding hydrogens is 464 g/mol. The van der Waals surface area contributed by atoms with Gasteiger partial charge in [-0.2, -0.15) is 5.48 Å². The molecule has 3 aliphatic carbocycles. The number of carbonyl (C=O) groups is 4. The van der Waals surface area contributed by atoms with Crippen molar-refractivity contribution < 1.29 is 34.2 Å². The number of hydrogen-bond donors (Lipinski definition) is 4. The van der Waals surface area contributed by atoms with Gasteiger partial charge in [-0.15, -0.1) is 0 Å². The quantitative estimate of drug-likeness (QED) is 0.393. The van der Waals surface area contributed by atoms with Crippen LogP contribution in [0.2, 0.25) is 0 Å². The summed E-state index contributed by atoms with van der Waals surface area (Å²) in [6.45, 7) is 4.59. The third kappa shape index (κ3) is 5.82. The zero-order chi connectivity index (χ0) is 26.1. The highest BCUT2D eigenvalue weighted by atomic mass is 16.7. The van der Waals surface area contributed by atoms with Gasteiger partial charge in [0.2, 0.25) is 0 Å². The highest BCUT2D eigenvalue weighted by molar-refractivity contribution is 5.87. The van der Waals surface area contributed by atoms with Crippen molar-refractivity contribution in [2.45, 2.75) is 77.2 Å². The third-order valence-corrected chi connectivity index (χ3v) is 8.68. The summed E-state index contributed by atoms with van der Waals surface area (Å²) >= 11 is 0. The van der Waals surface area contributed by atoms with Crippen molar-refractivity contribution in [3.63, 3.8) is 0 Å².